The van der Waals surface area contributed by atoms with Crippen molar-refractivity contribution in [3.05, 3.63) is 44.2 Å². The maximum atomic E-state index is 10.7. The van der Waals surface area contributed by atoms with E-state index in [0.29, 0.717) is 0 Å². The minimum absolute atomic E-state index is 0.0833. The van der Waals surface area contributed by atoms with E-state index in [1.807, 2.05) is 0 Å². The molecule has 0 aromatic heterocycles. The standard InChI is InChI=1S/2C5H5.CHF3O3S.Ti/c2*1-2-4-5-3-1;2-1(3,4)8(5,6)7;/h2*1-3H,4H2;(H,5,6,7);. The molecular weight excluding hydrogens is 317 g/mol. The van der Waals surface area contributed by atoms with E-state index in [2.05, 4.69) is 36.5 Å². The number of alkyl halides is 3. The van der Waals surface area contributed by atoms with Gasteiger partial charge in [0.2, 0.25) is 0 Å². The molecule has 0 saturated heterocycles. The SMILES string of the molecule is C1=CC[C]([Ti][C]2=CC=CC2)=C1.O=S(=O)(O)C(F)(F)F. The quantitative estimate of drug-likeness (QED) is 0.481. The Kier molecular flexibility index (Phi) is 5.79. The average molecular weight is 328 g/mol. The van der Waals surface area contributed by atoms with E-state index in [1.165, 1.54) is 12.8 Å². The van der Waals surface area contributed by atoms with Crippen molar-refractivity contribution >= 4 is 10.1 Å². The summed E-state index contributed by atoms with van der Waals surface area (Å²) in [5.74, 6) is 0. The molecule has 0 atom stereocenters. The maximum absolute atomic E-state index is 10.7. The Morgan fingerprint density at radius 1 is 1.05 bits per heavy atom. The van der Waals surface area contributed by atoms with Gasteiger partial charge in [0, 0.05) is 0 Å². The Labute approximate surface area is 118 Å². The van der Waals surface area contributed by atoms with E-state index >= 15 is 0 Å². The van der Waals surface area contributed by atoms with Crippen LogP contribution < -0.4 is 0 Å². The number of hydrogen-bond acceptors (Lipinski definition) is 2. The van der Waals surface area contributed by atoms with Crippen LogP contribution in [0.25, 0.3) is 0 Å². The molecule has 2 aliphatic carbocycles. The van der Waals surface area contributed by atoms with Crippen molar-refractivity contribution < 1.29 is 45.3 Å². The van der Waals surface area contributed by atoms with Gasteiger partial charge in [-0.05, 0) is 0 Å². The third-order valence-corrected chi connectivity index (χ3v) is 4.90. The largest absolute Gasteiger partial charge is 0.522 e. The molecule has 2 aliphatic rings. The first-order valence-corrected chi connectivity index (χ1v) is 8.22. The van der Waals surface area contributed by atoms with Gasteiger partial charge in [-0.1, -0.05) is 0 Å². The molecule has 0 heterocycles. The van der Waals surface area contributed by atoms with Crippen LogP contribution in [0.15, 0.2) is 44.2 Å². The van der Waals surface area contributed by atoms with E-state index in [0.717, 1.165) is 0 Å². The molecule has 0 saturated carbocycles. The molecule has 0 aromatic rings. The Morgan fingerprint density at radius 3 is 1.63 bits per heavy atom. The first-order valence-electron chi connectivity index (χ1n) is 5.22. The molecule has 0 unspecified atom stereocenters. The van der Waals surface area contributed by atoms with Crippen LogP contribution in [0.1, 0.15) is 12.8 Å². The maximum Gasteiger partial charge on any atom is 0.522 e. The monoisotopic (exact) mass is 328 g/mol. The molecule has 0 radical (unpaired) electrons. The van der Waals surface area contributed by atoms with Crippen molar-refractivity contribution in [2.24, 2.45) is 0 Å². The Bertz CT molecular complexity index is 514. The van der Waals surface area contributed by atoms with Gasteiger partial charge in [-0.25, -0.2) is 0 Å². The van der Waals surface area contributed by atoms with Gasteiger partial charge in [-0.15, -0.1) is 0 Å². The van der Waals surface area contributed by atoms with Crippen LogP contribution in [0.3, 0.4) is 0 Å². The smallest absolute Gasteiger partial charge is 0.279 e. The van der Waals surface area contributed by atoms with Crippen LogP contribution >= 0.6 is 0 Å². The van der Waals surface area contributed by atoms with Gasteiger partial charge in [0.15, 0.2) is 0 Å². The van der Waals surface area contributed by atoms with Crippen molar-refractivity contribution in [3.8, 4) is 0 Å². The number of allylic oxidation sites excluding steroid dienone is 8. The second-order valence-corrected chi connectivity index (χ2v) is 7.50. The number of rotatable bonds is 2. The minimum Gasteiger partial charge on any atom is -0.279 e. The Balaban J connectivity index is 0.000000203. The normalized spacial score (nSPS) is 17.7. The van der Waals surface area contributed by atoms with E-state index < -0.39 is 15.6 Å². The van der Waals surface area contributed by atoms with Gasteiger partial charge < -0.3 is 0 Å². The van der Waals surface area contributed by atoms with Gasteiger partial charge in [0.05, 0.1) is 0 Å². The van der Waals surface area contributed by atoms with E-state index in [1.54, 1.807) is 7.76 Å². The first-order chi connectivity index (χ1) is 8.70. The van der Waals surface area contributed by atoms with Crippen LogP contribution in [0.5, 0.6) is 0 Å². The molecule has 0 aromatic carbocycles. The first kappa shape index (κ1) is 16.4. The average Bonchev–Trinajstić information content (AvgIpc) is 2.89. The molecule has 8 heteroatoms. The van der Waals surface area contributed by atoms with Crippen LogP contribution in [-0.4, -0.2) is 18.5 Å². The van der Waals surface area contributed by atoms with E-state index in [9.17, 15) is 13.2 Å². The summed E-state index contributed by atoms with van der Waals surface area (Å²) in [6.45, 7) is 0. The van der Waals surface area contributed by atoms with Crippen molar-refractivity contribution in [2.45, 2.75) is 18.3 Å². The molecule has 19 heavy (non-hydrogen) atoms. The molecule has 1 N–H and O–H groups in total. The van der Waals surface area contributed by atoms with Gasteiger partial charge in [-0.3, -0.25) is 4.55 Å². The predicted molar refractivity (Wildman–Crippen MR) is 61.3 cm³/mol. The molecule has 0 fully saturated rings. The molecule has 0 bridgehead atoms. The van der Waals surface area contributed by atoms with E-state index in [-0.39, 0.29) is 19.2 Å². The topological polar surface area (TPSA) is 54.4 Å². The van der Waals surface area contributed by atoms with Crippen molar-refractivity contribution in [3.63, 3.8) is 0 Å². The summed E-state index contributed by atoms with van der Waals surface area (Å²) in [5.41, 5.74) is -5.53. The Hall–Kier alpha value is -0.626. The summed E-state index contributed by atoms with van der Waals surface area (Å²) in [4.78, 5) is 0. The zero-order valence-corrected chi connectivity index (χ0v) is 12.1. The molecule has 0 spiro atoms. The van der Waals surface area contributed by atoms with Crippen LogP contribution in [0.4, 0.5) is 13.2 Å². The summed E-state index contributed by atoms with van der Waals surface area (Å²) < 4.78 is 60.9. The van der Waals surface area contributed by atoms with Gasteiger partial charge in [-0.2, -0.15) is 21.6 Å². The van der Waals surface area contributed by atoms with Crippen LogP contribution in [0.2, 0.25) is 0 Å². The van der Waals surface area contributed by atoms with Gasteiger partial charge in [0.1, 0.15) is 0 Å². The minimum atomic E-state index is -5.84. The van der Waals surface area contributed by atoms with Crippen molar-refractivity contribution in [2.75, 3.05) is 0 Å². The summed E-state index contributed by atoms with van der Waals surface area (Å²) in [5, 5.41) is 0. The summed E-state index contributed by atoms with van der Waals surface area (Å²) in [6, 6.07) is 0. The zero-order chi connectivity index (χ0) is 14.5. The fourth-order valence-electron chi connectivity index (χ4n) is 1.29. The number of hydrogen-bond donors (Lipinski definition) is 1. The van der Waals surface area contributed by atoms with Crippen LogP contribution in [-0.2, 0) is 29.3 Å². The predicted octanol–water partition coefficient (Wildman–Crippen LogP) is 3.15. The summed E-state index contributed by atoms with van der Waals surface area (Å²) >= 11 is 0.0833. The molecule has 2 rings (SSSR count). The second-order valence-electron chi connectivity index (χ2n) is 3.69. The second kappa shape index (κ2) is 6.70. The molecule has 0 amide bonds. The van der Waals surface area contributed by atoms with Crippen molar-refractivity contribution in [1.29, 1.82) is 0 Å². The molecule has 3 nitrogen and oxygen atoms in total. The van der Waals surface area contributed by atoms with E-state index in [4.69, 9.17) is 13.0 Å². The van der Waals surface area contributed by atoms with Crippen molar-refractivity contribution in [1.82, 2.24) is 0 Å². The number of halogens is 3. The summed E-state index contributed by atoms with van der Waals surface area (Å²) in [7, 11) is -5.84. The fraction of sp³-hybridized carbons (Fsp3) is 0.273. The van der Waals surface area contributed by atoms with Crippen LogP contribution in [0, 0.1) is 0 Å². The Morgan fingerprint density at radius 2 is 1.42 bits per heavy atom. The zero-order valence-electron chi connectivity index (χ0n) is 9.68. The summed E-state index contributed by atoms with van der Waals surface area (Å²) in [6.07, 6.45) is 15.9. The third-order valence-electron chi connectivity index (χ3n) is 2.16. The third kappa shape index (κ3) is 5.90. The molecule has 104 valence electrons. The molecular formula is C11H11F3O3STi. The fourth-order valence-corrected chi connectivity index (χ4v) is 3.18. The molecule has 0 aliphatic heterocycles. The van der Waals surface area contributed by atoms with Gasteiger partial charge in [0.25, 0.3) is 0 Å². The van der Waals surface area contributed by atoms with Gasteiger partial charge >= 0.3 is 91.8 Å².